The van der Waals surface area contributed by atoms with Crippen molar-refractivity contribution < 1.29 is 9.84 Å². The topological polar surface area (TPSA) is 41.5 Å². The van der Waals surface area contributed by atoms with E-state index in [1.807, 2.05) is 20.9 Å². The van der Waals surface area contributed by atoms with Crippen LogP contribution >= 0.6 is 0 Å². The van der Waals surface area contributed by atoms with Gasteiger partial charge in [-0.1, -0.05) is 6.92 Å². The summed E-state index contributed by atoms with van der Waals surface area (Å²) in [7, 11) is 1.89. The van der Waals surface area contributed by atoms with Gasteiger partial charge in [0.15, 0.2) is 0 Å². The van der Waals surface area contributed by atoms with Crippen molar-refractivity contribution in [2.45, 2.75) is 38.9 Å². The van der Waals surface area contributed by atoms with E-state index in [0.29, 0.717) is 6.61 Å². The Morgan fingerprint density at radius 2 is 2.17 bits per heavy atom. The number of rotatable bonds is 6. The maximum atomic E-state index is 9.59. The second-order valence-electron chi connectivity index (χ2n) is 3.53. The Kier molecular flexibility index (Phi) is 5.46. The molecule has 0 aromatic heterocycles. The van der Waals surface area contributed by atoms with Crippen LogP contribution in [0.1, 0.15) is 27.2 Å². The summed E-state index contributed by atoms with van der Waals surface area (Å²) in [5.41, 5.74) is -0.679. The normalized spacial score (nSPS) is 18.8. The summed E-state index contributed by atoms with van der Waals surface area (Å²) in [4.78, 5) is 0. The summed E-state index contributed by atoms with van der Waals surface area (Å²) < 4.78 is 5.43. The summed E-state index contributed by atoms with van der Waals surface area (Å²) in [5.74, 6) is 0. The van der Waals surface area contributed by atoms with E-state index in [1.54, 1.807) is 6.92 Å². The zero-order valence-corrected chi connectivity index (χ0v) is 8.55. The zero-order valence-electron chi connectivity index (χ0n) is 8.55. The Morgan fingerprint density at radius 1 is 1.58 bits per heavy atom. The third-order valence-corrected chi connectivity index (χ3v) is 1.93. The van der Waals surface area contributed by atoms with Crippen molar-refractivity contribution in [3.05, 3.63) is 0 Å². The lowest BCUT2D eigenvalue weighted by molar-refractivity contribution is -0.0587. The summed E-state index contributed by atoms with van der Waals surface area (Å²) in [6.07, 6.45) is 0.882. The van der Waals surface area contributed by atoms with Gasteiger partial charge in [-0.15, -0.1) is 0 Å². The van der Waals surface area contributed by atoms with Crippen molar-refractivity contribution in [3.63, 3.8) is 0 Å². The highest BCUT2D eigenvalue weighted by molar-refractivity contribution is 4.69. The standard InChI is InChI=1S/C9H21NO2/c1-5-9(3,11)7-12-8(2)6-10-4/h8,10-11H,5-7H2,1-4H3. The lowest BCUT2D eigenvalue weighted by atomic mass is 10.1. The van der Waals surface area contributed by atoms with Crippen LogP contribution < -0.4 is 5.32 Å². The van der Waals surface area contributed by atoms with Gasteiger partial charge in [0.25, 0.3) is 0 Å². The number of likely N-dealkylation sites (N-methyl/N-ethyl adjacent to an activating group) is 1. The maximum absolute atomic E-state index is 9.59. The summed E-state index contributed by atoms with van der Waals surface area (Å²) >= 11 is 0. The molecule has 0 aliphatic heterocycles. The first-order chi connectivity index (χ1) is 5.52. The van der Waals surface area contributed by atoms with Gasteiger partial charge in [-0.2, -0.15) is 0 Å². The quantitative estimate of drug-likeness (QED) is 0.626. The number of aliphatic hydroxyl groups is 1. The molecule has 0 aliphatic rings. The molecule has 0 saturated heterocycles. The molecule has 0 spiro atoms. The first kappa shape index (κ1) is 11.9. The van der Waals surface area contributed by atoms with Gasteiger partial charge in [-0.3, -0.25) is 0 Å². The Hall–Kier alpha value is -0.120. The van der Waals surface area contributed by atoms with Crippen LogP contribution in [0.15, 0.2) is 0 Å². The predicted octanol–water partition coefficient (Wildman–Crippen LogP) is 0.772. The highest BCUT2D eigenvalue weighted by atomic mass is 16.5. The molecule has 0 fully saturated rings. The Bertz CT molecular complexity index is 115. The molecule has 2 unspecified atom stereocenters. The van der Waals surface area contributed by atoms with E-state index in [-0.39, 0.29) is 6.10 Å². The molecule has 74 valence electrons. The molecule has 0 radical (unpaired) electrons. The molecule has 12 heavy (non-hydrogen) atoms. The second kappa shape index (κ2) is 5.51. The van der Waals surface area contributed by atoms with Gasteiger partial charge in [0.2, 0.25) is 0 Å². The molecule has 0 aromatic rings. The van der Waals surface area contributed by atoms with E-state index in [2.05, 4.69) is 5.32 Å². The fourth-order valence-corrected chi connectivity index (χ4v) is 0.770. The maximum Gasteiger partial charge on any atom is 0.0849 e. The van der Waals surface area contributed by atoms with Crippen LogP contribution in [0, 0.1) is 0 Å². The summed E-state index contributed by atoms with van der Waals surface area (Å²) in [5, 5.41) is 12.6. The van der Waals surface area contributed by atoms with Gasteiger partial charge in [0.1, 0.15) is 0 Å². The smallest absolute Gasteiger partial charge is 0.0849 e. The largest absolute Gasteiger partial charge is 0.388 e. The molecule has 0 aliphatic carbocycles. The molecule has 3 nitrogen and oxygen atoms in total. The van der Waals surface area contributed by atoms with Gasteiger partial charge in [-0.05, 0) is 27.3 Å². The molecule has 2 N–H and O–H groups in total. The highest BCUT2D eigenvalue weighted by Gasteiger charge is 2.18. The number of hydrogen-bond donors (Lipinski definition) is 2. The van der Waals surface area contributed by atoms with E-state index < -0.39 is 5.60 Å². The van der Waals surface area contributed by atoms with Gasteiger partial charge >= 0.3 is 0 Å². The van der Waals surface area contributed by atoms with Crippen molar-refractivity contribution in [2.75, 3.05) is 20.2 Å². The van der Waals surface area contributed by atoms with Crippen LogP contribution in [0.25, 0.3) is 0 Å². The molecule has 0 heterocycles. The molecule has 3 heteroatoms. The monoisotopic (exact) mass is 175 g/mol. The van der Waals surface area contributed by atoms with Crippen LogP contribution in [-0.2, 0) is 4.74 Å². The van der Waals surface area contributed by atoms with Crippen molar-refractivity contribution >= 4 is 0 Å². The summed E-state index contributed by atoms with van der Waals surface area (Å²) in [6, 6.07) is 0. The molecule has 0 aromatic carbocycles. The van der Waals surface area contributed by atoms with Gasteiger partial charge in [0.05, 0.1) is 18.3 Å². The van der Waals surface area contributed by atoms with E-state index in [4.69, 9.17) is 4.74 Å². The van der Waals surface area contributed by atoms with Crippen molar-refractivity contribution in [2.24, 2.45) is 0 Å². The minimum Gasteiger partial charge on any atom is -0.388 e. The van der Waals surface area contributed by atoms with Gasteiger partial charge in [-0.25, -0.2) is 0 Å². The van der Waals surface area contributed by atoms with Crippen molar-refractivity contribution in [3.8, 4) is 0 Å². The molecular formula is C9H21NO2. The zero-order chi connectivity index (χ0) is 9.61. The fraction of sp³-hybridized carbons (Fsp3) is 1.00. The van der Waals surface area contributed by atoms with Crippen molar-refractivity contribution in [1.82, 2.24) is 5.32 Å². The van der Waals surface area contributed by atoms with Crippen LogP contribution in [0.3, 0.4) is 0 Å². The third kappa shape index (κ3) is 5.52. The van der Waals surface area contributed by atoms with Crippen molar-refractivity contribution in [1.29, 1.82) is 0 Å². The lowest BCUT2D eigenvalue weighted by Crippen LogP contribution is -2.34. The second-order valence-corrected chi connectivity index (χ2v) is 3.53. The van der Waals surface area contributed by atoms with Crippen LogP contribution in [0.5, 0.6) is 0 Å². The number of ether oxygens (including phenoxy) is 1. The van der Waals surface area contributed by atoms with E-state index in [9.17, 15) is 5.11 Å². The average Bonchev–Trinajstić information content (AvgIpc) is 2.02. The predicted molar refractivity (Wildman–Crippen MR) is 50.3 cm³/mol. The molecule has 0 bridgehead atoms. The Labute approximate surface area is 75.1 Å². The Morgan fingerprint density at radius 3 is 2.58 bits per heavy atom. The highest BCUT2D eigenvalue weighted by Crippen LogP contribution is 2.09. The lowest BCUT2D eigenvalue weighted by Gasteiger charge is -2.23. The molecule has 0 saturated carbocycles. The summed E-state index contributed by atoms with van der Waals surface area (Å²) in [6.45, 7) is 6.96. The molecule has 0 amide bonds. The third-order valence-electron chi connectivity index (χ3n) is 1.93. The van der Waals surface area contributed by atoms with Crippen LogP contribution in [0.2, 0.25) is 0 Å². The number of hydrogen-bond acceptors (Lipinski definition) is 3. The SMILES string of the molecule is CCC(C)(O)COC(C)CNC. The van der Waals surface area contributed by atoms with E-state index in [0.717, 1.165) is 13.0 Å². The molecule has 2 atom stereocenters. The van der Waals surface area contributed by atoms with Crippen LogP contribution in [0.4, 0.5) is 0 Å². The number of nitrogens with one attached hydrogen (secondary N) is 1. The van der Waals surface area contributed by atoms with Gasteiger partial charge in [0, 0.05) is 6.54 Å². The van der Waals surface area contributed by atoms with Gasteiger partial charge < -0.3 is 15.2 Å². The first-order valence-electron chi connectivity index (χ1n) is 4.50. The van der Waals surface area contributed by atoms with Crippen LogP contribution in [-0.4, -0.2) is 37.0 Å². The minimum atomic E-state index is -0.679. The van der Waals surface area contributed by atoms with E-state index >= 15 is 0 Å². The molecule has 0 rings (SSSR count). The molecular weight excluding hydrogens is 154 g/mol. The minimum absolute atomic E-state index is 0.160. The average molecular weight is 175 g/mol. The Balaban J connectivity index is 3.52. The van der Waals surface area contributed by atoms with E-state index in [1.165, 1.54) is 0 Å². The first-order valence-corrected chi connectivity index (χ1v) is 4.50. The fourth-order valence-electron chi connectivity index (χ4n) is 0.770.